The Kier molecular flexibility index (Phi) is 7.91. The minimum absolute atomic E-state index is 0.00304. The fraction of sp³-hybridized carbons (Fsp3) is 0.350. The molecule has 2 aromatic heterocycles. The van der Waals surface area contributed by atoms with Crippen LogP contribution in [0.5, 0.6) is 0 Å². The summed E-state index contributed by atoms with van der Waals surface area (Å²) in [5.74, 6) is -0.121. The minimum Gasteiger partial charge on any atom is -0.394 e. The predicted molar refractivity (Wildman–Crippen MR) is 112 cm³/mol. The molecular formula is C20H22F3N5O2S. The number of benzene rings is 1. The third kappa shape index (κ3) is 6.96. The third-order valence-electron chi connectivity index (χ3n) is 4.05. The average molecular weight is 453 g/mol. The maximum Gasteiger partial charge on any atom is 0.433 e. The molecule has 11 heteroatoms. The lowest BCUT2D eigenvalue weighted by atomic mass is 10.1. The van der Waals surface area contributed by atoms with Crippen molar-refractivity contribution in [1.82, 2.24) is 20.3 Å². The molecule has 3 N–H and O–H groups in total. The molecule has 0 fully saturated rings. The summed E-state index contributed by atoms with van der Waals surface area (Å²) in [6, 6.07) is 6.44. The Morgan fingerprint density at radius 1 is 1.16 bits per heavy atom. The van der Waals surface area contributed by atoms with Gasteiger partial charge in [0.05, 0.1) is 24.7 Å². The zero-order chi connectivity index (χ0) is 22.3. The van der Waals surface area contributed by atoms with Crippen molar-refractivity contribution in [3.8, 4) is 10.4 Å². The van der Waals surface area contributed by atoms with Gasteiger partial charge in [0.2, 0.25) is 5.95 Å². The minimum atomic E-state index is -4.53. The van der Waals surface area contributed by atoms with Crippen molar-refractivity contribution < 1.29 is 23.0 Å². The Balaban J connectivity index is 1.67. The fourth-order valence-electron chi connectivity index (χ4n) is 2.74. The third-order valence-corrected chi connectivity index (χ3v) is 5.10. The van der Waals surface area contributed by atoms with E-state index >= 15 is 0 Å². The van der Waals surface area contributed by atoms with Gasteiger partial charge in [-0.25, -0.2) is 15.0 Å². The van der Waals surface area contributed by atoms with Crippen molar-refractivity contribution in [3.63, 3.8) is 0 Å². The van der Waals surface area contributed by atoms with Gasteiger partial charge in [-0.05, 0) is 36.2 Å². The predicted octanol–water partition coefficient (Wildman–Crippen LogP) is 3.77. The Morgan fingerprint density at radius 3 is 2.77 bits per heavy atom. The van der Waals surface area contributed by atoms with Crippen LogP contribution in [0.25, 0.3) is 10.4 Å². The number of rotatable bonds is 10. The zero-order valence-corrected chi connectivity index (χ0v) is 17.6. The van der Waals surface area contributed by atoms with Crippen LogP contribution < -0.4 is 10.6 Å². The molecule has 0 aliphatic carbocycles. The quantitative estimate of drug-likeness (QED) is 0.403. The Bertz CT molecular complexity index is 997. The number of aliphatic hydroxyl groups excluding tert-OH is 1. The van der Waals surface area contributed by atoms with Crippen molar-refractivity contribution in [3.05, 3.63) is 52.9 Å². The number of aromatic nitrogens is 3. The molecule has 31 heavy (non-hydrogen) atoms. The van der Waals surface area contributed by atoms with E-state index in [0.717, 1.165) is 33.3 Å². The van der Waals surface area contributed by atoms with Crippen LogP contribution in [0, 0.1) is 6.92 Å². The Morgan fingerprint density at radius 2 is 2.00 bits per heavy atom. The number of halogens is 3. The van der Waals surface area contributed by atoms with Crippen molar-refractivity contribution in [2.24, 2.45) is 0 Å². The molecule has 0 radical (unpaired) electrons. The number of hydrogen-bond acceptors (Lipinski definition) is 8. The standard InChI is InChI=1S/C20H22F3N5O2S/c1-13-8-14(16-11-26-18(31-16)12-24-4-6-30-7-5-29)10-15(9-13)27-19-25-3-2-17(28-19)20(21,22)23/h2-3,8-11,24,29H,4-7,12H2,1H3,(H,25,27,28). The average Bonchev–Trinajstić information content (AvgIpc) is 3.19. The first-order valence-corrected chi connectivity index (χ1v) is 10.3. The van der Waals surface area contributed by atoms with Gasteiger partial charge in [0.1, 0.15) is 10.7 Å². The SMILES string of the molecule is Cc1cc(Nc2nccc(C(F)(F)F)n2)cc(-c2cnc(CNCCOCCO)s2)c1. The topological polar surface area (TPSA) is 92.2 Å². The largest absolute Gasteiger partial charge is 0.433 e. The van der Waals surface area contributed by atoms with E-state index in [9.17, 15) is 13.2 Å². The molecule has 0 bridgehead atoms. The normalized spacial score (nSPS) is 11.6. The van der Waals surface area contributed by atoms with Crippen LogP contribution in [0.1, 0.15) is 16.3 Å². The van der Waals surface area contributed by atoms with E-state index in [1.807, 2.05) is 25.1 Å². The zero-order valence-electron chi connectivity index (χ0n) is 16.7. The molecule has 3 aromatic rings. The maximum atomic E-state index is 12.9. The summed E-state index contributed by atoms with van der Waals surface area (Å²) in [7, 11) is 0. The van der Waals surface area contributed by atoms with Crippen LogP contribution in [0.4, 0.5) is 24.8 Å². The van der Waals surface area contributed by atoms with Crippen LogP contribution in [-0.4, -0.2) is 46.4 Å². The van der Waals surface area contributed by atoms with Gasteiger partial charge in [0.15, 0.2) is 0 Å². The highest BCUT2D eigenvalue weighted by Gasteiger charge is 2.32. The smallest absolute Gasteiger partial charge is 0.394 e. The number of anilines is 2. The number of alkyl halides is 3. The van der Waals surface area contributed by atoms with Crippen molar-refractivity contribution in [2.75, 3.05) is 31.7 Å². The lowest BCUT2D eigenvalue weighted by Crippen LogP contribution is -2.19. The molecule has 0 unspecified atom stereocenters. The first-order valence-electron chi connectivity index (χ1n) is 9.48. The molecule has 0 amide bonds. The Hall–Kier alpha value is -2.60. The molecule has 0 spiro atoms. The van der Waals surface area contributed by atoms with E-state index in [1.54, 1.807) is 6.20 Å². The molecule has 0 aliphatic rings. The molecule has 0 atom stereocenters. The number of hydrogen-bond donors (Lipinski definition) is 3. The highest BCUT2D eigenvalue weighted by molar-refractivity contribution is 7.15. The summed E-state index contributed by atoms with van der Waals surface area (Å²) < 4.78 is 43.8. The van der Waals surface area contributed by atoms with E-state index in [1.165, 1.54) is 11.3 Å². The van der Waals surface area contributed by atoms with Gasteiger partial charge in [-0.15, -0.1) is 11.3 Å². The highest BCUT2D eigenvalue weighted by atomic mass is 32.1. The van der Waals surface area contributed by atoms with Gasteiger partial charge in [0.25, 0.3) is 0 Å². The van der Waals surface area contributed by atoms with Crippen LogP contribution in [0.3, 0.4) is 0 Å². The summed E-state index contributed by atoms with van der Waals surface area (Å²) in [6.45, 7) is 3.95. The first kappa shape index (κ1) is 23.1. The summed E-state index contributed by atoms with van der Waals surface area (Å²) in [5, 5.41) is 15.6. The second-order valence-corrected chi connectivity index (χ2v) is 7.72. The number of thiazole rings is 1. The number of nitrogens with one attached hydrogen (secondary N) is 2. The highest BCUT2D eigenvalue weighted by Crippen LogP contribution is 2.31. The van der Waals surface area contributed by atoms with Gasteiger partial charge in [0, 0.05) is 31.2 Å². The fourth-order valence-corrected chi connectivity index (χ4v) is 3.61. The van der Waals surface area contributed by atoms with Crippen molar-refractivity contribution in [2.45, 2.75) is 19.6 Å². The van der Waals surface area contributed by atoms with E-state index in [-0.39, 0.29) is 12.6 Å². The molecular weight excluding hydrogens is 431 g/mol. The monoisotopic (exact) mass is 453 g/mol. The number of aliphatic hydroxyl groups is 1. The van der Waals surface area contributed by atoms with Crippen LogP contribution in [0.15, 0.2) is 36.7 Å². The van der Waals surface area contributed by atoms with E-state index in [2.05, 4.69) is 25.6 Å². The molecule has 1 aromatic carbocycles. The summed E-state index contributed by atoms with van der Waals surface area (Å²) >= 11 is 1.52. The summed E-state index contributed by atoms with van der Waals surface area (Å²) in [6.07, 6.45) is -1.69. The molecule has 166 valence electrons. The van der Waals surface area contributed by atoms with Gasteiger partial charge >= 0.3 is 6.18 Å². The molecule has 0 saturated heterocycles. The number of aryl methyl sites for hydroxylation is 1. The molecule has 2 heterocycles. The molecule has 3 rings (SSSR count). The lowest BCUT2D eigenvalue weighted by Gasteiger charge is -2.10. The maximum absolute atomic E-state index is 12.9. The van der Waals surface area contributed by atoms with E-state index in [0.29, 0.717) is 32.0 Å². The van der Waals surface area contributed by atoms with Gasteiger partial charge in [-0.3, -0.25) is 0 Å². The molecule has 7 nitrogen and oxygen atoms in total. The van der Waals surface area contributed by atoms with Crippen molar-refractivity contribution >= 4 is 23.0 Å². The van der Waals surface area contributed by atoms with Crippen LogP contribution in [0.2, 0.25) is 0 Å². The number of ether oxygens (including phenoxy) is 1. The van der Waals surface area contributed by atoms with Crippen LogP contribution >= 0.6 is 11.3 Å². The lowest BCUT2D eigenvalue weighted by molar-refractivity contribution is -0.141. The molecule has 0 aliphatic heterocycles. The summed E-state index contributed by atoms with van der Waals surface area (Å²) in [5.41, 5.74) is 1.41. The summed E-state index contributed by atoms with van der Waals surface area (Å²) in [4.78, 5) is 12.8. The second kappa shape index (κ2) is 10.6. The van der Waals surface area contributed by atoms with E-state index in [4.69, 9.17) is 9.84 Å². The number of nitrogens with zero attached hydrogens (tertiary/aromatic N) is 3. The van der Waals surface area contributed by atoms with Crippen molar-refractivity contribution in [1.29, 1.82) is 0 Å². The van der Waals surface area contributed by atoms with Crippen LogP contribution in [-0.2, 0) is 17.5 Å². The second-order valence-electron chi connectivity index (χ2n) is 6.61. The van der Waals surface area contributed by atoms with E-state index < -0.39 is 11.9 Å². The molecule has 0 saturated carbocycles. The first-order chi connectivity index (χ1) is 14.8. The Labute approximate surface area is 181 Å². The van der Waals surface area contributed by atoms with Gasteiger partial charge in [-0.2, -0.15) is 13.2 Å². The van der Waals surface area contributed by atoms with Gasteiger partial charge in [-0.1, -0.05) is 6.07 Å². The van der Waals surface area contributed by atoms with Gasteiger partial charge < -0.3 is 20.5 Å².